The fourth-order valence-corrected chi connectivity index (χ4v) is 3.93. The van der Waals surface area contributed by atoms with Crippen LogP contribution < -0.4 is 15.4 Å². The summed E-state index contributed by atoms with van der Waals surface area (Å²) in [5.74, 6) is 2.41. The SMILES string of the molecule is Cc1noc(COc2ccc(NC(=O)C3CC4CCCCC4N3)cc2)n1.Cl. The second-order valence-electron chi connectivity index (χ2n) is 7.14. The Morgan fingerprint density at radius 2 is 2.07 bits per heavy atom. The van der Waals surface area contributed by atoms with Crippen LogP contribution in [-0.4, -0.2) is 28.1 Å². The average molecular weight is 393 g/mol. The molecule has 2 heterocycles. The van der Waals surface area contributed by atoms with Crippen LogP contribution in [0.25, 0.3) is 0 Å². The molecule has 146 valence electrons. The number of fused-ring (bicyclic) bond motifs is 1. The van der Waals surface area contributed by atoms with Crippen molar-refractivity contribution in [1.82, 2.24) is 15.5 Å². The first kappa shape index (κ1) is 19.6. The first-order valence-corrected chi connectivity index (χ1v) is 9.26. The molecule has 3 unspecified atom stereocenters. The third kappa shape index (κ3) is 4.78. The van der Waals surface area contributed by atoms with Crippen molar-refractivity contribution in [2.24, 2.45) is 5.92 Å². The topological polar surface area (TPSA) is 89.3 Å². The van der Waals surface area contributed by atoms with Gasteiger partial charge in [-0.2, -0.15) is 4.98 Å². The number of hydrogen-bond donors (Lipinski definition) is 2. The van der Waals surface area contributed by atoms with Gasteiger partial charge in [-0.05, 0) is 56.4 Å². The number of aromatic nitrogens is 2. The lowest BCUT2D eigenvalue weighted by Crippen LogP contribution is -2.39. The van der Waals surface area contributed by atoms with Crippen molar-refractivity contribution in [3.8, 4) is 5.75 Å². The molecule has 0 radical (unpaired) electrons. The van der Waals surface area contributed by atoms with Crippen molar-refractivity contribution in [3.05, 3.63) is 36.0 Å². The minimum Gasteiger partial charge on any atom is -0.484 e. The lowest BCUT2D eigenvalue weighted by atomic mass is 9.85. The van der Waals surface area contributed by atoms with Crippen LogP contribution in [0.4, 0.5) is 5.69 Å². The molecule has 7 nitrogen and oxygen atoms in total. The molecule has 1 aromatic carbocycles. The van der Waals surface area contributed by atoms with Gasteiger partial charge in [-0.1, -0.05) is 18.0 Å². The van der Waals surface area contributed by atoms with Gasteiger partial charge >= 0.3 is 0 Å². The summed E-state index contributed by atoms with van der Waals surface area (Å²) in [6, 6.07) is 7.76. The Bertz CT molecular complexity index is 751. The fraction of sp³-hybridized carbons (Fsp3) is 0.526. The van der Waals surface area contributed by atoms with Gasteiger partial charge in [0.2, 0.25) is 5.91 Å². The normalized spacial score (nSPS) is 24.0. The summed E-state index contributed by atoms with van der Waals surface area (Å²) >= 11 is 0. The molecule has 0 bridgehead atoms. The quantitative estimate of drug-likeness (QED) is 0.811. The molecule has 2 aromatic rings. The Morgan fingerprint density at radius 3 is 2.78 bits per heavy atom. The van der Waals surface area contributed by atoms with Gasteiger partial charge in [0.25, 0.3) is 5.89 Å². The van der Waals surface area contributed by atoms with E-state index in [-0.39, 0.29) is 31.0 Å². The molecule has 1 aliphatic carbocycles. The molecule has 4 rings (SSSR count). The minimum atomic E-state index is -0.0835. The lowest BCUT2D eigenvalue weighted by Gasteiger charge is -2.24. The molecular formula is C19H25ClN4O3. The summed E-state index contributed by atoms with van der Waals surface area (Å²) in [7, 11) is 0. The molecule has 1 aliphatic heterocycles. The van der Waals surface area contributed by atoms with Crippen molar-refractivity contribution in [2.45, 2.75) is 57.7 Å². The van der Waals surface area contributed by atoms with Crippen molar-refractivity contribution < 1.29 is 14.1 Å². The van der Waals surface area contributed by atoms with E-state index in [0.29, 0.717) is 29.4 Å². The fourth-order valence-electron chi connectivity index (χ4n) is 3.93. The van der Waals surface area contributed by atoms with E-state index in [4.69, 9.17) is 9.26 Å². The van der Waals surface area contributed by atoms with Gasteiger partial charge in [0.15, 0.2) is 12.4 Å². The maximum Gasteiger partial charge on any atom is 0.264 e. The van der Waals surface area contributed by atoms with Crippen molar-refractivity contribution in [3.63, 3.8) is 0 Å². The van der Waals surface area contributed by atoms with Gasteiger partial charge in [-0.3, -0.25) is 4.79 Å². The smallest absolute Gasteiger partial charge is 0.264 e. The highest BCUT2D eigenvalue weighted by molar-refractivity contribution is 5.95. The Kier molecular flexibility index (Phi) is 6.34. The Labute approximate surface area is 164 Å². The zero-order valence-corrected chi connectivity index (χ0v) is 16.1. The highest BCUT2D eigenvalue weighted by Crippen LogP contribution is 2.33. The van der Waals surface area contributed by atoms with E-state index in [1.807, 2.05) is 24.3 Å². The molecular weight excluding hydrogens is 368 g/mol. The Hall–Kier alpha value is -2.12. The van der Waals surface area contributed by atoms with E-state index in [1.54, 1.807) is 6.92 Å². The molecule has 27 heavy (non-hydrogen) atoms. The molecule has 8 heteroatoms. The predicted octanol–water partition coefficient (Wildman–Crippen LogP) is 3.24. The second kappa shape index (κ2) is 8.71. The zero-order valence-electron chi connectivity index (χ0n) is 15.3. The largest absolute Gasteiger partial charge is 0.484 e. The summed E-state index contributed by atoms with van der Waals surface area (Å²) in [6.07, 6.45) is 5.95. The maximum atomic E-state index is 12.5. The number of nitrogens with zero attached hydrogens (tertiary/aromatic N) is 2. The van der Waals surface area contributed by atoms with Crippen molar-refractivity contribution >= 4 is 24.0 Å². The molecule has 2 aliphatic rings. The average Bonchev–Trinajstić information content (AvgIpc) is 3.27. The lowest BCUT2D eigenvalue weighted by molar-refractivity contribution is -0.117. The molecule has 2 N–H and O–H groups in total. The predicted molar refractivity (Wildman–Crippen MR) is 103 cm³/mol. The summed E-state index contributed by atoms with van der Waals surface area (Å²) in [5.41, 5.74) is 0.771. The summed E-state index contributed by atoms with van der Waals surface area (Å²) in [6.45, 7) is 1.99. The molecule has 1 amide bonds. The van der Waals surface area contributed by atoms with E-state index in [9.17, 15) is 4.79 Å². The highest BCUT2D eigenvalue weighted by atomic mass is 35.5. The number of benzene rings is 1. The number of carbonyl (C=O) groups excluding carboxylic acids is 1. The third-order valence-electron chi connectivity index (χ3n) is 5.23. The van der Waals surface area contributed by atoms with Crippen molar-refractivity contribution in [2.75, 3.05) is 5.32 Å². The first-order valence-electron chi connectivity index (χ1n) is 9.26. The monoisotopic (exact) mass is 392 g/mol. The molecule has 1 saturated heterocycles. The minimum absolute atomic E-state index is 0. The van der Waals surface area contributed by atoms with Crippen LogP contribution in [0, 0.1) is 12.8 Å². The van der Waals surface area contributed by atoms with Crippen molar-refractivity contribution in [1.29, 1.82) is 0 Å². The van der Waals surface area contributed by atoms with Gasteiger partial charge in [0.1, 0.15) is 5.75 Å². The van der Waals surface area contributed by atoms with Gasteiger partial charge in [0, 0.05) is 11.7 Å². The van der Waals surface area contributed by atoms with Gasteiger partial charge < -0.3 is 19.9 Å². The van der Waals surface area contributed by atoms with E-state index in [1.165, 1.54) is 25.7 Å². The summed E-state index contributed by atoms with van der Waals surface area (Å²) in [4.78, 5) is 16.6. The van der Waals surface area contributed by atoms with Gasteiger partial charge in [-0.25, -0.2) is 0 Å². The van der Waals surface area contributed by atoms with E-state index >= 15 is 0 Å². The number of aryl methyl sites for hydroxylation is 1. The van der Waals surface area contributed by atoms with Crippen LogP contribution in [0.3, 0.4) is 0 Å². The van der Waals surface area contributed by atoms with Crippen LogP contribution in [-0.2, 0) is 11.4 Å². The molecule has 2 fully saturated rings. The summed E-state index contributed by atoms with van der Waals surface area (Å²) in [5, 5.41) is 10.2. The van der Waals surface area contributed by atoms with Gasteiger partial charge in [0.05, 0.1) is 6.04 Å². The van der Waals surface area contributed by atoms with Crippen LogP contribution in [0.2, 0.25) is 0 Å². The highest BCUT2D eigenvalue weighted by Gasteiger charge is 2.38. The van der Waals surface area contributed by atoms with E-state index in [2.05, 4.69) is 20.8 Å². The number of rotatable bonds is 5. The summed E-state index contributed by atoms with van der Waals surface area (Å²) < 4.78 is 10.6. The number of anilines is 1. The van der Waals surface area contributed by atoms with Crippen LogP contribution >= 0.6 is 12.4 Å². The maximum absolute atomic E-state index is 12.5. The second-order valence-corrected chi connectivity index (χ2v) is 7.14. The number of carbonyl (C=O) groups is 1. The van der Waals surface area contributed by atoms with Crippen LogP contribution in [0.15, 0.2) is 28.8 Å². The van der Waals surface area contributed by atoms with Crippen LogP contribution in [0.5, 0.6) is 5.75 Å². The number of ether oxygens (including phenoxy) is 1. The standard InChI is InChI=1S/C19H24N4O3.ClH/c1-12-20-18(26-23-12)11-25-15-8-6-14(7-9-15)21-19(24)17-10-13-4-2-3-5-16(13)22-17;/h6-9,13,16-17,22H,2-5,10-11H2,1H3,(H,21,24);1H. The number of hydrogen-bond acceptors (Lipinski definition) is 6. The Balaban J connectivity index is 0.00000210. The van der Waals surface area contributed by atoms with E-state index in [0.717, 1.165) is 12.1 Å². The molecule has 0 spiro atoms. The van der Waals surface area contributed by atoms with E-state index < -0.39 is 0 Å². The molecule has 1 saturated carbocycles. The first-order chi connectivity index (χ1) is 12.7. The van der Waals surface area contributed by atoms with Crippen LogP contribution in [0.1, 0.15) is 43.8 Å². The van der Waals surface area contributed by atoms with Gasteiger partial charge in [-0.15, -0.1) is 12.4 Å². The number of amides is 1. The molecule has 3 atom stereocenters. The molecule has 1 aromatic heterocycles. The Morgan fingerprint density at radius 1 is 1.30 bits per heavy atom. The zero-order chi connectivity index (χ0) is 17.9. The number of nitrogens with one attached hydrogen (secondary N) is 2. The third-order valence-corrected chi connectivity index (χ3v) is 5.23. The number of halogens is 1.